The molecule has 0 aromatic rings. The Kier molecular flexibility index (Phi) is 7.32. The number of halogens is 4. The first kappa shape index (κ1) is 17.2. The van der Waals surface area contributed by atoms with Crippen LogP contribution in [0.15, 0.2) is 4.99 Å². The van der Waals surface area contributed by atoms with Crippen LogP contribution in [-0.4, -0.2) is 24.2 Å². The summed E-state index contributed by atoms with van der Waals surface area (Å²) in [7, 11) is 0. The smallest absolute Gasteiger partial charge is 0.370 e. The van der Waals surface area contributed by atoms with Crippen LogP contribution >= 0.6 is 24.0 Å². The lowest BCUT2D eigenvalue weighted by Gasteiger charge is -2.21. The molecule has 92 valence electrons. The van der Waals surface area contributed by atoms with E-state index in [-0.39, 0.29) is 42.0 Å². The lowest BCUT2D eigenvalue weighted by atomic mass is 10.1. The number of hydrogen-bond donors (Lipinski definition) is 2. The number of nitrogens with one attached hydrogen (secondary N) is 1. The van der Waals surface area contributed by atoms with Crippen molar-refractivity contribution in [3.63, 3.8) is 0 Å². The van der Waals surface area contributed by atoms with Crippen molar-refractivity contribution in [1.29, 1.82) is 0 Å². The second kappa shape index (κ2) is 6.39. The molecule has 0 bridgehead atoms. The largest absolute Gasteiger partial charge is 0.390 e. The Bertz CT molecular complexity index is 208. The molecule has 3 nitrogen and oxygen atoms in total. The molecule has 0 saturated heterocycles. The first-order valence-corrected chi connectivity index (χ1v) is 4.25. The van der Waals surface area contributed by atoms with Gasteiger partial charge in [-0.3, -0.25) is 4.99 Å². The molecule has 0 fully saturated rings. The molecule has 0 aromatic carbocycles. The number of rotatable bonds is 2. The van der Waals surface area contributed by atoms with E-state index in [1.54, 1.807) is 0 Å². The molecule has 0 aromatic heterocycles. The van der Waals surface area contributed by atoms with Crippen LogP contribution in [0.2, 0.25) is 0 Å². The predicted octanol–water partition coefficient (Wildman–Crippen LogP) is 2.26. The maximum atomic E-state index is 11.7. The van der Waals surface area contributed by atoms with Gasteiger partial charge in [0.2, 0.25) is 0 Å². The SMILES string of the molecule is CC(C)(C)NC(N)=NCCC(F)(F)F.I. The third-order valence-corrected chi connectivity index (χ3v) is 1.18. The minimum Gasteiger partial charge on any atom is -0.370 e. The molecule has 15 heavy (non-hydrogen) atoms. The fourth-order valence-corrected chi connectivity index (χ4v) is 0.727. The summed E-state index contributed by atoms with van der Waals surface area (Å²) < 4.78 is 35.1. The van der Waals surface area contributed by atoms with Crippen LogP contribution in [0.3, 0.4) is 0 Å². The zero-order valence-electron chi connectivity index (χ0n) is 8.98. The Hall–Kier alpha value is -0.210. The van der Waals surface area contributed by atoms with Crippen molar-refractivity contribution >= 4 is 29.9 Å². The van der Waals surface area contributed by atoms with Crippen molar-refractivity contribution in [2.75, 3.05) is 6.54 Å². The summed E-state index contributed by atoms with van der Waals surface area (Å²) >= 11 is 0. The molecule has 0 rings (SSSR count). The predicted molar refractivity (Wildman–Crippen MR) is 65.5 cm³/mol. The van der Waals surface area contributed by atoms with Gasteiger partial charge in [-0.15, -0.1) is 24.0 Å². The maximum Gasteiger partial charge on any atom is 0.390 e. The molecule has 0 radical (unpaired) electrons. The average molecular weight is 339 g/mol. The highest BCUT2D eigenvalue weighted by Gasteiger charge is 2.26. The number of nitrogens with two attached hydrogens (primary N) is 1. The topological polar surface area (TPSA) is 50.4 Å². The Morgan fingerprint density at radius 3 is 2.07 bits per heavy atom. The molecule has 0 atom stereocenters. The van der Waals surface area contributed by atoms with Crippen molar-refractivity contribution < 1.29 is 13.2 Å². The summed E-state index contributed by atoms with van der Waals surface area (Å²) in [5.74, 6) is 0.0433. The van der Waals surface area contributed by atoms with Gasteiger partial charge < -0.3 is 11.1 Å². The van der Waals surface area contributed by atoms with E-state index in [0.717, 1.165) is 0 Å². The summed E-state index contributed by atoms with van der Waals surface area (Å²) in [4.78, 5) is 3.56. The van der Waals surface area contributed by atoms with E-state index in [9.17, 15) is 13.2 Å². The van der Waals surface area contributed by atoms with Crippen molar-refractivity contribution in [3.8, 4) is 0 Å². The number of guanidine groups is 1. The van der Waals surface area contributed by atoms with E-state index in [0.29, 0.717) is 0 Å². The third-order valence-electron chi connectivity index (χ3n) is 1.18. The molecule has 0 unspecified atom stereocenters. The van der Waals surface area contributed by atoms with E-state index in [4.69, 9.17) is 5.73 Å². The fraction of sp³-hybridized carbons (Fsp3) is 0.875. The number of alkyl halides is 3. The highest BCUT2D eigenvalue weighted by atomic mass is 127. The Balaban J connectivity index is 0. The van der Waals surface area contributed by atoms with E-state index < -0.39 is 12.6 Å². The summed E-state index contributed by atoms with van der Waals surface area (Å²) in [6.07, 6.45) is -5.12. The lowest BCUT2D eigenvalue weighted by Crippen LogP contribution is -2.45. The summed E-state index contributed by atoms with van der Waals surface area (Å²) in [6, 6.07) is 0. The van der Waals surface area contributed by atoms with Crippen LogP contribution in [-0.2, 0) is 0 Å². The van der Waals surface area contributed by atoms with E-state index in [1.807, 2.05) is 20.8 Å². The second-order valence-corrected chi connectivity index (χ2v) is 4.01. The van der Waals surface area contributed by atoms with Gasteiger partial charge in [0, 0.05) is 5.54 Å². The van der Waals surface area contributed by atoms with Gasteiger partial charge in [0.05, 0.1) is 13.0 Å². The molecular formula is C8H17F3IN3. The van der Waals surface area contributed by atoms with Crippen molar-refractivity contribution in [2.45, 2.75) is 38.9 Å². The lowest BCUT2D eigenvalue weighted by molar-refractivity contribution is -0.132. The van der Waals surface area contributed by atoms with Crippen LogP contribution in [0.4, 0.5) is 13.2 Å². The quantitative estimate of drug-likeness (QED) is 0.461. The van der Waals surface area contributed by atoms with Crippen molar-refractivity contribution in [2.24, 2.45) is 10.7 Å². The highest BCUT2D eigenvalue weighted by Crippen LogP contribution is 2.18. The monoisotopic (exact) mass is 339 g/mol. The molecule has 0 aliphatic carbocycles. The molecule has 0 heterocycles. The molecule has 0 aliphatic heterocycles. The first-order chi connectivity index (χ1) is 6.10. The molecule has 3 N–H and O–H groups in total. The van der Waals surface area contributed by atoms with Gasteiger partial charge in [0.15, 0.2) is 5.96 Å². The molecule has 7 heteroatoms. The molecule has 0 aliphatic rings. The Morgan fingerprint density at radius 2 is 1.73 bits per heavy atom. The minimum absolute atomic E-state index is 0. The number of hydrogen-bond acceptors (Lipinski definition) is 1. The van der Waals surface area contributed by atoms with Gasteiger partial charge in [-0.1, -0.05) is 0 Å². The molecule has 0 spiro atoms. The highest BCUT2D eigenvalue weighted by molar-refractivity contribution is 14.0. The van der Waals surface area contributed by atoms with E-state index in [2.05, 4.69) is 10.3 Å². The van der Waals surface area contributed by atoms with Crippen LogP contribution < -0.4 is 11.1 Å². The zero-order valence-corrected chi connectivity index (χ0v) is 11.3. The zero-order chi connectivity index (χ0) is 11.4. The molecule has 0 saturated carbocycles. The second-order valence-electron chi connectivity index (χ2n) is 4.01. The summed E-state index contributed by atoms with van der Waals surface area (Å²) in [5.41, 5.74) is 5.07. The van der Waals surface area contributed by atoms with Crippen LogP contribution in [0, 0.1) is 0 Å². The first-order valence-electron chi connectivity index (χ1n) is 4.25. The van der Waals surface area contributed by atoms with Gasteiger partial charge in [-0.2, -0.15) is 13.2 Å². The standard InChI is InChI=1S/C8H16F3N3.HI/c1-7(2,3)14-6(12)13-5-4-8(9,10)11;/h4-5H2,1-3H3,(H3,12,13,14);1H. The Morgan fingerprint density at radius 1 is 1.27 bits per heavy atom. The van der Waals surface area contributed by atoms with Crippen LogP contribution in [0.25, 0.3) is 0 Å². The number of nitrogens with zero attached hydrogens (tertiary/aromatic N) is 1. The van der Waals surface area contributed by atoms with Gasteiger partial charge in [0.25, 0.3) is 0 Å². The summed E-state index contributed by atoms with van der Waals surface area (Å²) in [5, 5.41) is 2.77. The van der Waals surface area contributed by atoms with Gasteiger partial charge in [0.1, 0.15) is 0 Å². The minimum atomic E-state index is -4.18. The Labute approximate surface area is 105 Å². The average Bonchev–Trinajstić information content (AvgIpc) is 1.78. The molecular weight excluding hydrogens is 322 g/mol. The van der Waals surface area contributed by atoms with Crippen molar-refractivity contribution in [1.82, 2.24) is 5.32 Å². The van der Waals surface area contributed by atoms with Crippen molar-refractivity contribution in [3.05, 3.63) is 0 Å². The fourth-order valence-electron chi connectivity index (χ4n) is 0.727. The van der Waals surface area contributed by atoms with E-state index >= 15 is 0 Å². The van der Waals surface area contributed by atoms with Crippen LogP contribution in [0.5, 0.6) is 0 Å². The maximum absolute atomic E-state index is 11.7. The summed E-state index contributed by atoms with van der Waals surface area (Å²) in [6.45, 7) is 5.20. The van der Waals surface area contributed by atoms with E-state index in [1.165, 1.54) is 0 Å². The molecule has 0 amide bonds. The normalized spacial score (nSPS) is 13.3. The van der Waals surface area contributed by atoms with Gasteiger partial charge >= 0.3 is 6.18 Å². The third kappa shape index (κ3) is 13.8. The van der Waals surface area contributed by atoms with Gasteiger partial charge in [-0.05, 0) is 20.8 Å². The van der Waals surface area contributed by atoms with Gasteiger partial charge in [-0.25, -0.2) is 0 Å². The van der Waals surface area contributed by atoms with Crippen LogP contribution in [0.1, 0.15) is 27.2 Å². The number of aliphatic imine (C=N–C) groups is 1.